The summed E-state index contributed by atoms with van der Waals surface area (Å²) in [6, 6.07) is 20.8. The lowest BCUT2D eigenvalue weighted by Gasteiger charge is -2.12. The van der Waals surface area contributed by atoms with Gasteiger partial charge in [0, 0.05) is 34.2 Å². The molecule has 1 aromatic heterocycles. The topological polar surface area (TPSA) is 54.0 Å². The highest BCUT2D eigenvalue weighted by Crippen LogP contribution is 2.29. The van der Waals surface area contributed by atoms with E-state index in [1.54, 1.807) is 30.5 Å². The number of pyridine rings is 1. The molecule has 28 heavy (non-hydrogen) atoms. The molecule has 138 valence electrons. The van der Waals surface area contributed by atoms with Crippen LogP contribution in [0.4, 0.5) is 16.2 Å². The zero-order valence-electron chi connectivity index (χ0n) is 15.2. The molecule has 3 aromatic carbocycles. The fourth-order valence-corrected chi connectivity index (χ4v) is 3.31. The minimum Gasteiger partial charge on any atom is -0.308 e. The largest absolute Gasteiger partial charge is 0.323 e. The summed E-state index contributed by atoms with van der Waals surface area (Å²) >= 11 is 5.96. The lowest BCUT2D eigenvalue weighted by atomic mass is 9.98. The Kier molecular flexibility index (Phi) is 4.96. The third-order valence-corrected chi connectivity index (χ3v) is 4.76. The molecule has 5 heteroatoms. The SMILES string of the molecule is Cc1ccc(NC(=O)Nc2cccc(Cl)c2)cc1-c1ccc2ccncc2c1. The number of halogens is 1. The third-order valence-electron chi connectivity index (χ3n) is 4.53. The van der Waals surface area contributed by atoms with Crippen LogP contribution in [0.3, 0.4) is 0 Å². The number of fused-ring (bicyclic) bond motifs is 1. The van der Waals surface area contributed by atoms with Crippen molar-refractivity contribution in [3.8, 4) is 11.1 Å². The van der Waals surface area contributed by atoms with Gasteiger partial charge >= 0.3 is 6.03 Å². The van der Waals surface area contributed by atoms with Gasteiger partial charge in [0.2, 0.25) is 0 Å². The highest BCUT2D eigenvalue weighted by atomic mass is 35.5. The number of rotatable bonds is 3. The average Bonchev–Trinajstić information content (AvgIpc) is 2.69. The lowest BCUT2D eigenvalue weighted by molar-refractivity contribution is 0.262. The van der Waals surface area contributed by atoms with Crippen LogP contribution in [0.25, 0.3) is 21.9 Å². The van der Waals surface area contributed by atoms with Gasteiger partial charge in [-0.2, -0.15) is 0 Å². The summed E-state index contributed by atoms with van der Waals surface area (Å²) in [4.78, 5) is 16.5. The van der Waals surface area contributed by atoms with E-state index in [0.29, 0.717) is 16.4 Å². The summed E-state index contributed by atoms with van der Waals surface area (Å²) in [6.45, 7) is 2.05. The summed E-state index contributed by atoms with van der Waals surface area (Å²) in [5, 5.41) is 8.46. The maximum Gasteiger partial charge on any atom is 0.323 e. The molecule has 0 aliphatic carbocycles. The molecule has 2 N–H and O–H groups in total. The molecule has 0 aliphatic heterocycles. The monoisotopic (exact) mass is 387 g/mol. The predicted octanol–water partition coefficient (Wildman–Crippen LogP) is 6.51. The summed E-state index contributed by atoms with van der Waals surface area (Å²) < 4.78 is 0. The van der Waals surface area contributed by atoms with Crippen molar-refractivity contribution in [2.45, 2.75) is 6.92 Å². The van der Waals surface area contributed by atoms with E-state index in [4.69, 9.17) is 11.6 Å². The van der Waals surface area contributed by atoms with E-state index >= 15 is 0 Å². The van der Waals surface area contributed by atoms with Crippen LogP contribution in [0.15, 0.2) is 79.1 Å². The highest BCUT2D eigenvalue weighted by Gasteiger charge is 2.08. The van der Waals surface area contributed by atoms with Crippen molar-refractivity contribution in [1.82, 2.24) is 4.98 Å². The van der Waals surface area contributed by atoms with Crippen molar-refractivity contribution in [1.29, 1.82) is 0 Å². The van der Waals surface area contributed by atoms with E-state index in [1.165, 1.54) is 0 Å². The Morgan fingerprint density at radius 1 is 0.893 bits per heavy atom. The van der Waals surface area contributed by atoms with Crippen molar-refractivity contribution in [3.05, 3.63) is 89.7 Å². The molecule has 0 fully saturated rings. The molecule has 0 saturated heterocycles. The van der Waals surface area contributed by atoms with Crippen molar-refractivity contribution in [2.75, 3.05) is 10.6 Å². The van der Waals surface area contributed by atoms with Gasteiger partial charge < -0.3 is 10.6 Å². The van der Waals surface area contributed by atoms with Crippen LogP contribution in [0, 0.1) is 6.92 Å². The van der Waals surface area contributed by atoms with Crippen LogP contribution in [-0.2, 0) is 0 Å². The van der Waals surface area contributed by atoms with Gasteiger partial charge in [-0.1, -0.05) is 35.9 Å². The van der Waals surface area contributed by atoms with Crippen LogP contribution in [0.1, 0.15) is 5.56 Å². The van der Waals surface area contributed by atoms with Gasteiger partial charge in [0.15, 0.2) is 0 Å². The van der Waals surface area contributed by atoms with Crippen molar-refractivity contribution >= 4 is 39.8 Å². The first kappa shape index (κ1) is 18.0. The summed E-state index contributed by atoms with van der Waals surface area (Å²) in [6.07, 6.45) is 3.64. The molecular formula is C23H18ClN3O. The van der Waals surface area contributed by atoms with Crippen LogP contribution >= 0.6 is 11.6 Å². The lowest BCUT2D eigenvalue weighted by Crippen LogP contribution is -2.19. The van der Waals surface area contributed by atoms with Crippen molar-refractivity contribution in [2.24, 2.45) is 0 Å². The fraction of sp³-hybridized carbons (Fsp3) is 0.0435. The first-order valence-corrected chi connectivity index (χ1v) is 9.25. The minimum absolute atomic E-state index is 0.320. The Hall–Kier alpha value is -3.37. The van der Waals surface area contributed by atoms with Crippen molar-refractivity contribution < 1.29 is 4.79 Å². The van der Waals surface area contributed by atoms with Gasteiger partial charge in [0.25, 0.3) is 0 Å². The molecular weight excluding hydrogens is 370 g/mol. The number of anilines is 2. The fourth-order valence-electron chi connectivity index (χ4n) is 3.12. The number of aryl methyl sites for hydroxylation is 1. The molecule has 0 bridgehead atoms. The molecule has 0 saturated carbocycles. The normalized spacial score (nSPS) is 10.6. The number of hydrogen-bond acceptors (Lipinski definition) is 2. The number of nitrogens with zero attached hydrogens (tertiary/aromatic N) is 1. The Bertz CT molecular complexity index is 1170. The molecule has 2 amide bonds. The second kappa shape index (κ2) is 7.71. The van der Waals surface area contributed by atoms with Crippen molar-refractivity contribution in [3.63, 3.8) is 0 Å². The highest BCUT2D eigenvalue weighted by molar-refractivity contribution is 6.30. The molecule has 4 rings (SSSR count). The van der Waals surface area contributed by atoms with E-state index in [9.17, 15) is 4.79 Å². The quantitative estimate of drug-likeness (QED) is 0.421. The van der Waals surface area contributed by atoms with Crippen LogP contribution in [0.2, 0.25) is 5.02 Å². The van der Waals surface area contributed by atoms with Gasteiger partial charge in [-0.15, -0.1) is 0 Å². The minimum atomic E-state index is -0.320. The summed E-state index contributed by atoms with van der Waals surface area (Å²) in [7, 11) is 0. The number of amides is 2. The number of carbonyl (C=O) groups excluding carboxylic acids is 1. The Labute approximate surface area is 168 Å². The second-order valence-corrected chi connectivity index (χ2v) is 6.99. The summed E-state index contributed by atoms with van der Waals surface area (Å²) in [5.41, 5.74) is 4.62. The van der Waals surface area contributed by atoms with Crippen LogP contribution < -0.4 is 10.6 Å². The number of hydrogen-bond donors (Lipinski definition) is 2. The molecule has 0 aliphatic rings. The van der Waals surface area contributed by atoms with E-state index in [-0.39, 0.29) is 6.03 Å². The van der Waals surface area contributed by atoms with Gasteiger partial charge in [0.05, 0.1) is 0 Å². The first-order chi connectivity index (χ1) is 13.6. The van der Waals surface area contributed by atoms with E-state index in [1.807, 2.05) is 30.5 Å². The second-order valence-electron chi connectivity index (χ2n) is 6.56. The summed E-state index contributed by atoms with van der Waals surface area (Å²) in [5.74, 6) is 0. The maximum atomic E-state index is 12.3. The molecule has 1 heterocycles. The van der Waals surface area contributed by atoms with E-state index < -0.39 is 0 Å². The number of benzene rings is 3. The van der Waals surface area contributed by atoms with Gasteiger partial charge in [-0.3, -0.25) is 4.98 Å². The van der Waals surface area contributed by atoms with Gasteiger partial charge in [0.1, 0.15) is 0 Å². The third kappa shape index (κ3) is 3.97. The Balaban J connectivity index is 1.58. The van der Waals surface area contributed by atoms with Gasteiger partial charge in [-0.05, 0) is 71.5 Å². The molecule has 0 unspecified atom stereocenters. The smallest absolute Gasteiger partial charge is 0.308 e. The molecule has 4 nitrogen and oxygen atoms in total. The zero-order valence-corrected chi connectivity index (χ0v) is 16.0. The Morgan fingerprint density at radius 2 is 1.71 bits per heavy atom. The van der Waals surface area contributed by atoms with Crippen LogP contribution in [-0.4, -0.2) is 11.0 Å². The maximum absolute atomic E-state index is 12.3. The zero-order chi connectivity index (χ0) is 19.5. The Morgan fingerprint density at radius 3 is 2.54 bits per heavy atom. The first-order valence-electron chi connectivity index (χ1n) is 8.87. The molecule has 4 aromatic rings. The van der Waals surface area contributed by atoms with E-state index in [0.717, 1.165) is 27.5 Å². The molecule has 0 radical (unpaired) electrons. The standard InChI is InChI=1S/C23H18ClN3O/c1-15-5-8-21(27-23(28)26-20-4-2-3-19(24)12-20)13-22(15)17-7-6-16-9-10-25-14-18(16)11-17/h2-14H,1H3,(H2,26,27,28). The van der Waals surface area contributed by atoms with E-state index in [2.05, 4.69) is 40.7 Å². The van der Waals surface area contributed by atoms with Crippen LogP contribution in [0.5, 0.6) is 0 Å². The number of carbonyl (C=O) groups is 1. The predicted molar refractivity (Wildman–Crippen MR) is 116 cm³/mol. The molecule has 0 atom stereocenters. The molecule has 0 spiro atoms. The number of urea groups is 1. The van der Waals surface area contributed by atoms with Gasteiger partial charge in [-0.25, -0.2) is 4.79 Å². The number of nitrogens with one attached hydrogen (secondary N) is 2. The average molecular weight is 388 g/mol. The number of aromatic nitrogens is 1.